The van der Waals surface area contributed by atoms with Crippen molar-refractivity contribution < 1.29 is 8.42 Å². The lowest BCUT2D eigenvalue weighted by atomic mass is 10.1. The van der Waals surface area contributed by atoms with E-state index in [1.54, 1.807) is 31.0 Å². The average molecular weight is 429 g/mol. The summed E-state index contributed by atoms with van der Waals surface area (Å²) >= 11 is 0. The standard InChI is InChI=1S/C19H24N8O2S/c1-5-15-19-25-22-11-26(19)16-10-21-17(24-18(16)27(15)12(2)3)14-6-7-20-8-13(14)9-23-30(4,28)29/h6-8,10-12,15,23H,5,9H2,1-4H3/t15-/m1/s1. The van der Waals surface area contributed by atoms with Crippen LogP contribution in [0.3, 0.4) is 0 Å². The zero-order chi connectivity index (χ0) is 21.5. The molecule has 1 aliphatic heterocycles. The molecule has 3 aromatic rings. The van der Waals surface area contributed by atoms with Gasteiger partial charge in [-0.2, -0.15) is 0 Å². The topological polar surface area (TPSA) is 119 Å². The molecule has 158 valence electrons. The van der Waals surface area contributed by atoms with E-state index in [1.807, 2.05) is 4.57 Å². The van der Waals surface area contributed by atoms with E-state index in [2.05, 4.69) is 50.6 Å². The maximum absolute atomic E-state index is 11.5. The normalized spacial score (nSPS) is 15.9. The highest BCUT2D eigenvalue weighted by molar-refractivity contribution is 7.88. The first-order valence-electron chi connectivity index (χ1n) is 9.73. The molecule has 0 bridgehead atoms. The SMILES string of the molecule is CC[C@@H]1c2nncn2-c2cnc(-c3ccncc3CNS(C)(=O)=O)nc2N1C(C)C. The number of anilines is 1. The van der Waals surface area contributed by atoms with E-state index in [9.17, 15) is 8.42 Å². The third kappa shape index (κ3) is 3.65. The minimum absolute atomic E-state index is 0.0477. The summed E-state index contributed by atoms with van der Waals surface area (Å²) < 4.78 is 27.5. The second kappa shape index (κ2) is 7.73. The fourth-order valence-electron chi connectivity index (χ4n) is 3.76. The maximum Gasteiger partial charge on any atom is 0.209 e. The fraction of sp³-hybridized carbons (Fsp3) is 0.421. The highest BCUT2D eigenvalue weighted by atomic mass is 32.2. The molecule has 0 fully saturated rings. The van der Waals surface area contributed by atoms with Crippen LogP contribution in [0.1, 0.15) is 44.6 Å². The molecule has 0 spiro atoms. The van der Waals surface area contributed by atoms with Gasteiger partial charge in [0.15, 0.2) is 17.5 Å². The Morgan fingerprint density at radius 2 is 2.07 bits per heavy atom. The van der Waals surface area contributed by atoms with Crippen molar-refractivity contribution >= 4 is 15.8 Å². The molecular weight excluding hydrogens is 404 g/mol. The summed E-state index contributed by atoms with van der Waals surface area (Å²) in [5.74, 6) is 2.18. The summed E-state index contributed by atoms with van der Waals surface area (Å²) in [6, 6.07) is 2.03. The molecule has 0 radical (unpaired) electrons. The Morgan fingerprint density at radius 1 is 1.27 bits per heavy atom. The van der Waals surface area contributed by atoms with Gasteiger partial charge in [0.25, 0.3) is 0 Å². The average Bonchev–Trinajstić information content (AvgIpc) is 3.20. The second-order valence-corrected chi connectivity index (χ2v) is 9.35. The molecule has 4 heterocycles. The van der Waals surface area contributed by atoms with Crippen LogP contribution in [-0.2, 0) is 16.6 Å². The quantitative estimate of drug-likeness (QED) is 0.632. The highest BCUT2D eigenvalue weighted by Crippen LogP contribution is 2.39. The van der Waals surface area contributed by atoms with E-state index in [1.165, 1.54) is 0 Å². The van der Waals surface area contributed by atoms with Gasteiger partial charge in [0.2, 0.25) is 10.0 Å². The first-order valence-corrected chi connectivity index (χ1v) is 11.6. The number of rotatable bonds is 6. The van der Waals surface area contributed by atoms with E-state index in [0.717, 1.165) is 35.6 Å². The van der Waals surface area contributed by atoms with Crippen molar-refractivity contribution in [1.29, 1.82) is 0 Å². The summed E-state index contributed by atoms with van der Waals surface area (Å²) in [6.45, 7) is 6.47. The summed E-state index contributed by atoms with van der Waals surface area (Å²) in [5, 5.41) is 8.42. The van der Waals surface area contributed by atoms with E-state index in [-0.39, 0.29) is 18.6 Å². The van der Waals surface area contributed by atoms with Crippen LogP contribution in [0.4, 0.5) is 5.82 Å². The molecule has 30 heavy (non-hydrogen) atoms. The zero-order valence-electron chi connectivity index (χ0n) is 17.3. The van der Waals surface area contributed by atoms with Gasteiger partial charge in [0, 0.05) is 30.5 Å². The van der Waals surface area contributed by atoms with Gasteiger partial charge >= 0.3 is 0 Å². The van der Waals surface area contributed by atoms with Gasteiger partial charge in [-0.3, -0.25) is 9.55 Å². The predicted octanol–water partition coefficient (Wildman–Crippen LogP) is 1.85. The molecule has 1 atom stereocenters. The van der Waals surface area contributed by atoms with Gasteiger partial charge in [-0.1, -0.05) is 6.92 Å². The lowest BCUT2D eigenvalue weighted by Crippen LogP contribution is -2.40. The molecule has 10 nitrogen and oxygen atoms in total. The largest absolute Gasteiger partial charge is 0.342 e. The summed E-state index contributed by atoms with van der Waals surface area (Å²) in [6.07, 6.45) is 8.71. The van der Waals surface area contributed by atoms with Crippen LogP contribution in [0.25, 0.3) is 17.1 Å². The Hall–Kier alpha value is -2.92. The molecule has 0 aliphatic carbocycles. The molecule has 0 unspecified atom stereocenters. The van der Waals surface area contributed by atoms with Gasteiger partial charge in [0.1, 0.15) is 12.0 Å². The van der Waals surface area contributed by atoms with Crippen LogP contribution in [0.15, 0.2) is 31.0 Å². The number of aromatic nitrogens is 6. The molecule has 0 saturated heterocycles. The predicted molar refractivity (Wildman–Crippen MR) is 113 cm³/mol. The molecule has 0 aromatic carbocycles. The summed E-state index contributed by atoms with van der Waals surface area (Å²) in [5.41, 5.74) is 2.25. The molecule has 11 heteroatoms. The minimum atomic E-state index is -3.34. The van der Waals surface area contributed by atoms with Crippen molar-refractivity contribution in [2.75, 3.05) is 11.2 Å². The Kier molecular flexibility index (Phi) is 5.24. The number of pyridine rings is 1. The Labute approximate surface area is 175 Å². The number of fused-ring (bicyclic) bond motifs is 3. The number of nitrogens with one attached hydrogen (secondary N) is 1. The summed E-state index contributed by atoms with van der Waals surface area (Å²) in [7, 11) is -3.34. The van der Waals surface area contributed by atoms with Crippen LogP contribution >= 0.6 is 0 Å². The molecule has 1 N–H and O–H groups in total. The fourth-order valence-corrected chi connectivity index (χ4v) is 4.18. The lowest BCUT2D eigenvalue weighted by molar-refractivity contribution is 0.497. The maximum atomic E-state index is 11.5. The van der Waals surface area contributed by atoms with Crippen molar-refractivity contribution in [1.82, 2.24) is 34.4 Å². The van der Waals surface area contributed by atoms with Crippen LogP contribution in [-0.4, -0.2) is 50.4 Å². The Balaban J connectivity index is 1.83. The van der Waals surface area contributed by atoms with Crippen molar-refractivity contribution in [3.05, 3.63) is 42.4 Å². The van der Waals surface area contributed by atoms with E-state index >= 15 is 0 Å². The molecule has 1 aliphatic rings. The van der Waals surface area contributed by atoms with Gasteiger partial charge < -0.3 is 4.90 Å². The van der Waals surface area contributed by atoms with Crippen LogP contribution in [0, 0.1) is 0 Å². The zero-order valence-corrected chi connectivity index (χ0v) is 18.1. The van der Waals surface area contributed by atoms with E-state index in [0.29, 0.717) is 11.4 Å². The van der Waals surface area contributed by atoms with Crippen LogP contribution in [0.2, 0.25) is 0 Å². The second-order valence-electron chi connectivity index (χ2n) is 7.51. The van der Waals surface area contributed by atoms with Crippen molar-refractivity contribution in [2.45, 2.75) is 45.8 Å². The van der Waals surface area contributed by atoms with Crippen LogP contribution < -0.4 is 9.62 Å². The Morgan fingerprint density at radius 3 is 2.77 bits per heavy atom. The number of hydrogen-bond acceptors (Lipinski definition) is 8. The highest BCUT2D eigenvalue weighted by Gasteiger charge is 2.35. The monoisotopic (exact) mass is 428 g/mol. The molecule has 4 rings (SSSR count). The molecule has 0 amide bonds. The first kappa shape index (κ1) is 20.4. The summed E-state index contributed by atoms with van der Waals surface area (Å²) in [4.78, 5) is 15.8. The van der Waals surface area contributed by atoms with Crippen LogP contribution in [0.5, 0.6) is 0 Å². The third-order valence-electron chi connectivity index (χ3n) is 5.07. The van der Waals surface area contributed by atoms with Crippen molar-refractivity contribution in [2.24, 2.45) is 0 Å². The lowest BCUT2D eigenvalue weighted by Gasteiger charge is -2.39. The molecular formula is C19H24N8O2S. The van der Waals surface area contributed by atoms with Crippen molar-refractivity contribution in [3.63, 3.8) is 0 Å². The first-order chi connectivity index (χ1) is 14.3. The van der Waals surface area contributed by atoms with Gasteiger partial charge in [-0.15, -0.1) is 10.2 Å². The number of sulfonamides is 1. The number of nitrogens with zero attached hydrogens (tertiary/aromatic N) is 7. The van der Waals surface area contributed by atoms with Gasteiger partial charge in [-0.05, 0) is 31.9 Å². The Bertz CT molecular complexity index is 1170. The van der Waals surface area contributed by atoms with E-state index in [4.69, 9.17) is 4.98 Å². The molecule has 0 saturated carbocycles. The van der Waals surface area contributed by atoms with Crippen molar-refractivity contribution in [3.8, 4) is 17.1 Å². The number of hydrogen-bond donors (Lipinski definition) is 1. The third-order valence-corrected chi connectivity index (χ3v) is 5.74. The van der Waals surface area contributed by atoms with Gasteiger partial charge in [0.05, 0.1) is 18.5 Å². The molecule has 3 aromatic heterocycles. The van der Waals surface area contributed by atoms with Gasteiger partial charge in [-0.25, -0.2) is 23.1 Å². The smallest absolute Gasteiger partial charge is 0.209 e. The minimum Gasteiger partial charge on any atom is -0.342 e. The van der Waals surface area contributed by atoms with E-state index < -0.39 is 10.0 Å².